The first-order valence-corrected chi connectivity index (χ1v) is 7.16. The van der Waals surface area contributed by atoms with Gasteiger partial charge in [-0.3, -0.25) is 0 Å². The van der Waals surface area contributed by atoms with E-state index in [2.05, 4.69) is 4.98 Å². The molecule has 0 radical (unpaired) electrons. The highest BCUT2D eigenvalue weighted by Gasteiger charge is 2.18. The standard InChI is InChI=1S/C12H13FN2O2S/c1-2-15-8-7-14-12(15)9-18(16,17)11-5-3-10(13)4-6-11/h3-8H,2,9H2,1H3. The minimum absolute atomic E-state index is 0.106. The fraction of sp³-hybridized carbons (Fsp3) is 0.250. The number of nitrogens with zero attached hydrogens (tertiary/aromatic N) is 2. The van der Waals surface area contributed by atoms with Crippen molar-refractivity contribution in [3.63, 3.8) is 0 Å². The topological polar surface area (TPSA) is 52.0 Å². The molecule has 0 aliphatic heterocycles. The summed E-state index contributed by atoms with van der Waals surface area (Å²) in [5.41, 5.74) is 0. The molecule has 1 aromatic carbocycles. The number of benzene rings is 1. The Morgan fingerprint density at radius 2 is 1.94 bits per heavy atom. The van der Waals surface area contributed by atoms with Gasteiger partial charge in [-0.2, -0.15) is 0 Å². The first kappa shape index (κ1) is 12.8. The predicted molar refractivity (Wildman–Crippen MR) is 65.2 cm³/mol. The van der Waals surface area contributed by atoms with Crippen molar-refractivity contribution in [2.75, 3.05) is 0 Å². The van der Waals surface area contributed by atoms with Crippen molar-refractivity contribution in [2.45, 2.75) is 24.1 Å². The maximum absolute atomic E-state index is 12.8. The van der Waals surface area contributed by atoms with Gasteiger partial charge in [0.2, 0.25) is 0 Å². The third kappa shape index (κ3) is 2.59. The zero-order valence-corrected chi connectivity index (χ0v) is 10.7. The maximum atomic E-state index is 12.8. The summed E-state index contributed by atoms with van der Waals surface area (Å²) in [6.07, 6.45) is 3.30. The number of rotatable bonds is 4. The Kier molecular flexibility index (Phi) is 3.47. The highest BCUT2D eigenvalue weighted by Crippen LogP contribution is 2.16. The Hall–Kier alpha value is -1.69. The van der Waals surface area contributed by atoms with Gasteiger partial charge in [0.25, 0.3) is 0 Å². The van der Waals surface area contributed by atoms with E-state index in [1.807, 2.05) is 6.92 Å². The molecule has 0 unspecified atom stereocenters. The maximum Gasteiger partial charge on any atom is 0.185 e. The third-order valence-corrected chi connectivity index (χ3v) is 4.26. The average molecular weight is 268 g/mol. The molecule has 0 aliphatic rings. The molecule has 2 rings (SSSR count). The lowest BCUT2D eigenvalue weighted by molar-refractivity contribution is 0.589. The number of sulfone groups is 1. The van der Waals surface area contributed by atoms with Gasteiger partial charge in [0, 0.05) is 18.9 Å². The van der Waals surface area contributed by atoms with Crippen molar-refractivity contribution in [2.24, 2.45) is 0 Å². The molecule has 18 heavy (non-hydrogen) atoms. The second-order valence-electron chi connectivity index (χ2n) is 3.84. The van der Waals surface area contributed by atoms with Crippen LogP contribution in [0, 0.1) is 5.82 Å². The van der Waals surface area contributed by atoms with E-state index < -0.39 is 15.7 Å². The molecule has 0 spiro atoms. The summed E-state index contributed by atoms with van der Waals surface area (Å²) in [6, 6.07) is 4.81. The van der Waals surface area contributed by atoms with Gasteiger partial charge in [-0.1, -0.05) is 0 Å². The van der Waals surface area contributed by atoms with Crippen LogP contribution in [0.15, 0.2) is 41.6 Å². The van der Waals surface area contributed by atoms with Crippen LogP contribution in [0.1, 0.15) is 12.7 Å². The van der Waals surface area contributed by atoms with Gasteiger partial charge in [-0.25, -0.2) is 17.8 Å². The van der Waals surface area contributed by atoms with E-state index >= 15 is 0 Å². The number of aryl methyl sites for hydroxylation is 1. The van der Waals surface area contributed by atoms with Gasteiger partial charge in [0.05, 0.1) is 4.90 Å². The van der Waals surface area contributed by atoms with E-state index in [9.17, 15) is 12.8 Å². The van der Waals surface area contributed by atoms with Crippen molar-refractivity contribution in [1.82, 2.24) is 9.55 Å². The number of hydrogen-bond acceptors (Lipinski definition) is 3. The molecule has 96 valence electrons. The number of imidazole rings is 1. The largest absolute Gasteiger partial charge is 0.334 e. The summed E-state index contributed by atoms with van der Waals surface area (Å²) in [5, 5.41) is 0. The van der Waals surface area contributed by atoms with E-state index in [1.165, 1.54) is 12.1 Å². The lowest BCUT2D eigenvalue weighted by Gasteiger charge is -2.06. The highest BCUT2D eigenvalue weighted by atomic mass is 32.2. The summed E-state index contributed by atoms with van der Waals surface area (Å²) in [4.78, 5) is 4.13. The van der Waals surface area contributed by atoms with E-state index in [4.69, 9.17) is 0 Å². The quantitative estimate of drug-likeness (QED) is 0.797. The van der Waals surface area contributed by atoms with Crippen molar-refractivity contribution in [1.29, 1.82) is 0 Å². The predicted octanol–water partition coefficient (Wildman–Crippen LogP) is 2.02. The molecule has 4 nitrogen and oxygen atoms in total. The van der Waals surface area contributed by atoms with Crippen LogP contribution < -0.4 is 0 Å². The van der Waals surface area contributed by atoms with Crippen LogP contribution in [0.3, 0.4) is 0 Å². The van der Waals surface area contributed by atoms with Crippen LogP contribution in [0.25, 0.3) is 0 Å². The van der Waals surface area contributed by atoms with Crippen LogP contribution in [0.5, 0.6) is 0 Å². The molecular formula is C12H13FN2O2S. The summed E-state index contributed by atoms with van der Waals surface area (Å²) in [7, 11) is -3.48. The zero-order chi connectivity index (χ0) is 13.2. The normalized spacial score (nSPS) is 11.7. The summed E-state index contributed by atoms with van der Waals surface area (Å²) in [6.45, 7) is 2.57. The average Bonchev–Trinajstić information content (AvgIpc) is 2.76. The molecule has 0 atom stereocenters. The molecule has 1 heterocycles. The van der Waals surface area contributed by atoms with Gasteiger partial charge in [0.1, 0.15) is 17.4 Å². The SMILES string of the molecule is CCn1ccnc1CS(=O)(=O)c1ccc(F)cc1. The van der Waals surface area contributed by atoms with Gasteiger partial charge in [-0.15, -0.1) is 0 Å². The van der Waals surface area contributed by atoms with Crippen molar-refractivity contribution in [3.8, 4) is 0 Å². The van der Waals surface area contributed by atoms with Crippen LogP contribution in [-0.2, 0) is 22.1 Å². The van der Waals surface area contributed by atoms with Gasteiger partial charge >= 0.3 is 0 Å². The third-order valence-electron chi connectivity index (χ3n) is 2.63. The van der Waals surface area contributed by atoms with Crippen molar-refractivity contribution < 1.29 is 12.8 Å². The minimum Gasteiger partial charge on any atom is -0.334 e. The Morgan fingerprint density at radius 3 is 2.56 bits per heavy atom. The number of aromatic nitrogens is 2. The molecule has 0 fully saturated rings. The van der Waals surface area contributed by atoms with Gasteiger partial charge in [-0.05, 0) is 31.2 Å². The molecule has 0 bridgehead atoms. The minimum atomic E-state index is -3.48. The van der Waals surface area contributed by atoms with E-state index in [-0.39, 0.29) is 10.6 Å². The Bertz CT molecular complexity index is 632. The first-order chi connectivity index (χ1) is 8.53. The lowest BCUT2D eigenvalue weighted by Crippen LogP contribution is -2.10. The fourth-order valence-electron chi connectivity index (χ4n) is 1.66. The monoisotopic (exact) mass is 268 g/mol. The molecule has 1 aromatic heterocycles. The summed E-state index contributed by atoms with van der Waals surface area (Å²) < 4.78 is 38.7. The van der Waals surface area contributed by atoms with Crippen LogP contribution in [-0.4, -0.2) is 18.0 Å². The van der Waals surface area contributed by atoms with Crippen LogP contribution in [0.4, 0.5) is 4.39 Å². The molecule has 0 aliphatic carbocycles. The second-order valence-corrected chi connectivity index (χ2v) is 5.83. The molecule has 0 amide bonds. The van der Waals surface area contributed by atoms with Crippen LogP contribution >= 0.6 is 0 Å². The molecular weight excluding hydrogens is 255 g/mol. The molecule has 0 saturated carbocycles. The first-order valence-electron chi connectivity index (χ1n) is 5.51. The van der Waals surface area contributed by atoms with Gasteiger partial charge in [0.15, 0.2) is 9.84 Å². The number of hydrogen-bond donors (Lipinski definition) is 0. The Labute approximate surface area is 105 Å². The zero-order valence-electron chi connectivity index (χ0n) is 9.88. The smallest absolute Gasteiger partial charge is 0.185 e. The van der Waals surface area contributed by atoms with E-state index in [0.717, 1.165) is 12.1 Å². The highest BCUT2D eigenvalue weighted by molar-refractivity contribution is 7.90. The van der Waals surface area contributed by atoms with E-state index in [1.54, 1.807) is 17.0 Å². The van der Waals surface area contributed by atoms with Crippen molar-refractivity contribution >= 4 is 9.84 Å². The number of halogens is 1. The Balaban J connectivity index is 2.30. The van der Waals surface area contributed by atoms with Crippen LogP contribution in [0.2, 0.25) is 0 Å². The summed E-state index contributed by atoms with van der Waals surface area (Å²) >= 11 is 0. The Morgan fingerprint density at radius 1 is 1.28 bits per heavy atom. The second kappa shape index (κ2) is 4.89. The van der Waals surface area contributed by atoms with Crippen molar-refractivity contribution in [3.05, 3.63) is 48.3 Å². The lowest BCUT2D eigenvalue weighted by atomic mass is 10.4. The molecule has 0 N–H and O–H groups in total. The fourth-order valence-corrected chi connectivity index (χ4v) is 2.96. The molecule has 0 saturated heterocycles. The molecule has 6 heteroatoms. The van der Waals surface area contributed by atoms with Gasteiger partial charge < -0.3 is 4.57 Å². The molecule has 2 aromatic rings. The summed E-state index contributed by atoms with van der Waals surface area (Å²) in [5.74, 6) is -0.148. The van der Waals surface area contributed by atoms with E-state index in [0.29, 0.717) is 12.4 Å².